The molecule has 0 saturated carbocycles. The Labute approximate surface area is 150 Å². The number of H-pyrrole nitrogens is 1. The van der Waals surface area contributed by atoms with Crippen LogP contribution in [0.4, 0.5) is 0 Å². The molecule has 0 saturated heterocycles. The van der Waals surface area contributed by atoms with Gasteiger partial charge in [0.2, 0.25) is 5.91 Å². The largest absolute Gasteiger partial charge is 0.465 e. The number of methoxy groups -OCH3 is 1. The van der Waals surface area contributed by atoms with E-state index in [1.165, 1.54) is 7.11 Å². The van der Waals surface area contributed by atoms with E-state index < -0.39 is 5.97 Å². The molecule has 0 fully saturated rings. The number of ether oxygens (including phenoxy) is 1. The van der Waals surface area contributed by atoms with Gasteiger partial charge in [-0.2, -0.15) is 5.10 Å². The summed E-state index contributed by atoms with van der Waals surface area (Å²) in [6.07, 6.45) is 2.61. The molecule has 1 N–H and O–H groups in total. The lowest BCUT2D eigenvalue weighted by molar-refractivity contribution is -0.129. The molecule has 7 nitrogen and oxygen atoms in total. The lowest BCUT2D eigenvalue weighted by atomic mass is 9.97. The summed E-state index contributed by atoms with van der Waals surface area (Å²) in [6.45, 7) is 2.81. The molecule has 134 valence electrons. The molecular formula is C19H20N4O3. The van der Waals surface area contributed by atoms with E-state index in [1.54, 1.807) is 13.0 Å². The lowest BCUT2D eigenvalue weighted by Crippen LogP contribution is -2.34. The number of hydrogen-bond acceptors (Lipinski definition) is 4. The number of fused-ring (bicyclic) bond motifs is 2. The Balaban J connectivity index is 1.93. The fraction of sp³-hybridized carbons (Fsp3) is 0.316. The SMILES string of the molecule is COC(=O)c1cc(-c2nn(C)c3c2CN(C(C)=O)CC3)c2cc[nH]c2c1. The smallest absolute Gasteiger partial charge is 0.337 e. The average Bonchev–Trinajstić information content (AvgIpc) is 3.24. The summed E-state index contributed by atoms with van der Waals surface area (Å²) in [5, 5.41) is 5.71. The molecule has 0 unspecified atom stereocenters. The summed E-state index contributed by atoms with van der Waals surface area (Å²) in [5.74, 6) is -0.335. The number of amides is 1. The average molecular weight is 352 g/mol. The zero-order valence-electron chi connectivity index (χ0n) is 15.0. The van der Waals surface area contributed by atoms with Crippen LogP contribution in [-0.4, -0.2) is 45.2 Å². The normalized spacial score (nSPS) is 13.7. The fourth-order valence-corrected chi connectivity index (χ4v) is 3.68. The quantitative estimate of drug-likeness (QED) is 0.718. The van der Waals surface area contributed by atoms with E-state index in [2.05, 4.69) is 4.98 Å². The maximum Gasteiger partial charge on any atom is 0.337 e. The van der Waals surface area contributed by atoms with Crippen molar-refractivity contribution in [1.82, 2.24) is 19.7 Å². The van der Waals surface area contributed by atoms with Crippen molar-refractivity contribution in [2.24, 2.45) is 7.05 Å². The molecule has 1 aliphatic heterocycles. The first-order valence-electron chi connectivity index (χ1n) is 8.49. The molecule has 3 aromatic rings. The van der Waals surface area contributed by atoms with Crippen LogP contribution in [0.1, 0.15) is 28.5 Å². The minimum Gasteiger partial charge on any atom is -0.465 e. The van der Waals surface area contributed by atoms with Crippen molar-refractivity contribution in [3.05, 3.63) is 41.2 Å². The summed E-state index contributed by atoms with van der Waals surface area (Å²) >= 11 is 0. The third-order valence-corrected chi connectivity index (χ3v) is 5.03. The van der Waals surface area contributed by atoms with Crippen molar-refractivity contribution in [1.29, 1.82) is 0 Å². The molecule has 0 bridgehead atoms. The second-order valence-corrected chi connectivity index (χ2v) is 6.54. The Hall–Kier alpha value is -3.09. The molecule has 0 radical (unpaired) electrons. The van der Waals surface area contributed by atoms with Crippen molar-refractivity contribution in [3.63, 3.8) is 0 Å². The molecule has 1 amide bonds. The van der Waals surface area contributed by atoms with Gasteiger partial charge in [0.15, 0.2) is 0 Å². The van der Waals surface area contributed by atoms with Crippen molar-refractivity contribution in [2.75, 3.05) is 13.7 Å². The molecule has 26 heavy (non-hydrogen) atoms. The number of hydrogen-bond donors (Lipinski definition) is 1. The van der Waals surface area contributed by atoms with E-state index >= 15 is 0 Å². The molecule has 3 heterocycles. The minimum absolute atomic E-state index is 0.0561. The second-order valence-electron chi connectivity index (χ2n) is 6.54. The maximum atomic E-state index is 12.1. The number of aromatic nitrogens is 3. The van der Waals surface area contributed by atoms with Gasteiger partial charge < -0.3 is 14.6 Å². The zero-order chi connectivity index (χ0) is 18.4. The van der Waals surface area contributed by atoms with E-state index in [-0.39, 0.29) is 5.91 Å². The molecule has 0 aliphatic carbocycles. The Morgan fingerprint density at radius 2 is 2.12 bits per heavy atom. The third-order valence-electron chi connectivity index (χ3n) is 5.03. The van der Waals surface area contributed by atoms with Crippen molar-refractivity contribution in [3.8, 4) is 11.3 Å². The van der Waals surface area contributed by atoms with E-state index in [1.807, 2.05) is 35.0 Å². The first-order valence-corrected chi connectivity index (χ1v) is 8.49. The molecular weight excluding hydrogens is 332 g/mol. The number of carbonyl (C=O) groups excluding carboxylic acids is 2. The second kappa shape index (κ2) is 6.01. The Morgan fingerprint density at radius 3 is 2.85 bits per heavy atom. The number of carbonyl (C=O) groups is 2. The van der Waals surface area contributed by atoms with Gasteiger partial charge in [0.05, 0.1) is 18.4 Å². The molecule has 1 aliphatic rings. The number of benzene rings is 1. The topological polar surface area (TPSA) is 80.2 Å². The van der Waals surface area contributed by atoms with Gasteiger partial charge in [-0.05, 0) is 18.2 Å². The standard InChI is InChI=1S/C19H20N4O3/c1-11(24)23-7-5-17-15(10-23)18(21-22(17)2)14-8-12(19(25)26-3)9-16-13(14)4-6-20-16/h4,6,8-9,20H,5,7,10H2,1-3H3. The van der Waals surface area contributed by atoms with Crippen LogP contribution < -0.4 is 0 Å². The number of aromatic amines is 1. The summed E-state index contributed by atoms with van der Waals surface area (Å²) in [4.78, 5) is 28.9. The predicted octanol–water partition coefficient (Wildman–Crippen LogP) is 2.26. The fourth-order valence-electron chi connectivity index (χ4n) is 3.68. The highest BCUT2D eigenvalue weighted by atomic mass is 16.5. The maximum absolute atomic E-state index is 12.1. The van der Waals surface area contributed by atoms with Gasteiger partial charge in [-0.15, -0.1) is 0 Å². The van der Waals surface area contributed by atoms with Crippen LogP contribution in [0.5, 0.6) is 0 Å². The van der Waals surface area contributed by atoms with Gasteiger partial charge in [-0.1, -0.05) is 0 Å². The van der Waals surface area contributed by atoms with E-state index in [4.69, 9.17) is 9.84 Å². The first-order chi connectivity index (χ1) is 12.5. The predicted molar refractivity (Wildman–Crippen MR) is 96.6 cm³/mol. The van der Waals surface area contributed by atoms with Crippen molar-refractivity contribution in [2.45, 2.75) is 19.9 Å². The summed E-state index contributed by atoms with van der Waals surface area (Å²) < 4.78 is 6.77. The van der Waals surface area contributed by atoms with Crippen LogP contribution in [0, 0.1) is 0 Å². The van der Waals surface area contributed by atoms with Gasteiger partial charge in [-0.25, -0.2) is 4.79 Å². The van der Waals surface area contributed by atoms with Crippen LogP contribution in [0.3, 0.4) is 0 Å². The molecule has 0 atom stereocenters. The third kappa shape index (κ3) is 2.47. The zero-order valence-corrected chi connectivity index (χ0v) is 15.0. The summed E-state index contributed by atoms with van der Waals surface area (Å²) in [7, 11) is 3.29. The van der Waals surface area contributed by atoms with E-state index in [0.717, 1.165) is 39.8 Å². The highest BCUT2D eigenvalue weighted by Gasteiger charge is 2.27. The number of rotatable bonds is 2. The molecule has 0 spiro atoms. The van der Waals surface area contributed by atoms with Gasteiger partial charge >= 0.3 is 5.97 Å². The van der Waals surface area contributed by atoms with Crippen LogP contribution >= 0.6 is 0 Å². The highest BCUT2D eigenvalue weighted by Crippen LogP contribution is 2.35. The molecule has 4 rings (SSSR count). The van der Waals surface area contributed by atoms with Gasteiger partial charge in [0.25, 0.3) is 0 Å². The Morgan fingerprint density at radius 1 is 1.31 bits per heavy atom. The number of aryl methyl sites for hydroxylation is 1. The van der Waals surface area contributed by atoms with Crippen molar-refractivity contribution < 1.29 is 14.3 Å². The number of esters is 1. The molecule has 1 aromatic carbocycles. The lowest BCUT2D eigenvalue weighted by Gasteiger charge is -2.26. The van der Waals surface area contributed by atoms with Gasteiger partial charge in [-0.3, -0.25) is 9.48 Å². The van der Waals surface area contributed by atoms with Crippen LogP contribution in [-0.2, 0) is 29.5 Å². The van der Waals surface area contributed by atoms with Gasteiger partial charge in [0, 0.05) is 67.4 Å². The monoisotopic (exact) mass is 352 g/mol. The van der Waals surface area contributed by atoms with E-state index in [0.29, 0.717) is 18.7 Å². The minimum atomic E-state index is -0.391. The summed E-state index contributed by atoms with van der Waals surface area (Å²) in [5.41, 5.74) is 5.16. The number of nitrogens with zero attached hydrogens (tertiary/aromatic N) is 3. The molecule has 7 heteroatoms. The van der Waals surface area contributed by atoms with Crippen LogP contribution in [0.15, 0.2) is 24.4 Å². The van der Waals surface area contributed by atoms with E-state index in [9.17, 15) is 9.59 Å². The highest BCUT2D eigenvalue weighted by molar-refractivity contribution is 6.02. The number of nitrogens with one attached hydrogen (secondary N) is 1. The Kier molecular flexibility index (Phi) is 3.79. The van der Waals surface area contributed by atoms with Crippen LogP contribution in [0.2, 0.25) is 0 Å². The molecule has 2 aromatic heterocycles. The van der Waals surface area contributed by atoms with Crippen LogP contribution in [0.25, 0.3) is 22.2 Å². The van der Waals surface area contributed by atoms with Gasteiger partial charge in [0.1, 0.15) is 0 Å². The van der Waals surface area contributed by atoms with Crippen molar-refractivity contribution >= 4 is 22.8 Å². The Bertz CT molecular complexity index is 1030. The first kappa shape index (κ1) is 16.4. The summed E-state index contributed by atoms with van der Waals surface area (Å²) in [6, 6.07) is 5.57.